The third kappa shape index (κ3) is 5.12. The third-order valence-corrected chi connectivity index (χ3v) is 4.04. The summed E-state index contributed by atoms with van der Waals surface area (Å²) in [5.41, 5.74) is 0.140. The van der Waals surface area contributed by atoms with Crippen LogP contribution in [0.4, 0.5) is 17.2 Å². The van der Waals surface area contributed by atoms with Crippen LogP contribution in [-0.2, 0) is 11.3 Å². The minimum absolute atomic E-state index is 0.0793. The van der Waals surface area contributed by atoms with Crippen LogP contribution in [0, 0.1) is 27.2 Å². The maximum atomic E-state index is 12.4. The molecule has 0 spiro atoms. The van der Waals surface area contributed by atoms with E-state index in [4.69, 9.17) is 9.47 Å². The lowest BCUT2D eigenvalue weighted by Gasteiger charge is -2.11. The number of rotatable bonds is 8. The number of nitro groups is 2. The second-order valence-electron chi connectivity index (χ2n) is 6.33. The number of aromatic nitrogens is 2. The fourth-order valence-electron chi connectivity index (χ4n) is 2.78. The van der Waals surface area contributed by atoms with E-state index in [1.54, 1.807) is 31.2 Å². The van der Waals surface area contributed by atoms with Crippen LogP contribution in [0.15, 0.2) is 48.5 Å². The number of nitrogens with zero attached hydrogens (tertiary/aromatic N) is 4. The van der Waals surface area contributed by atoms with E-state index in [1.165, 1.54) is 25.3 Å². The van der Waals surface area contributed by atoms with Crippen LogP contribution >= 0.6 is 0 Å². The van der Waals surface area contributed by atoms with Crippen molar-refractivity contribution < 1.29 is 24.1 Å². The molecule has 0 saturated carbocycles. The molecule has 12 nitrogen and oxygen atoms in total. The van der Waals surface area contributed by atoms with E-state index in [-0.39, 0.29) is 22.9 Å². The highest BCUT2D eigenvalue weighted by Gasteiger charge is 2.20. The molecule has 0 aliphatic heterocycles. The summed E-state index contributed by atoms with van der Waals surface area (Å²) in [7, 11) is 1.46. The van der Waals surface area contributed by atoms with Crippen LogP contribution in [0.3, 0.4) is 0 Å². The molecule has 0 aliphatic carbocycles. The lowest BCUT2D eigenvalue weighted by atomic mass is 10.2. The molecule has 3 rings (SSSR count). The summed E-state index contributed by atoms with van der Waals surface area (Å²) in [6, 6.07) is 11.7. The quantitative estimate of drug-likeness (QED) is 0.424. The van der Waals surface area contributed by atoms with E-state index in [0.717, 1.165) is 10.7 Å². The van der Waals surface area contributed by atoms with Crippen molar-refractivity contribution in [1.29, 1.82) is 0 Å². The molecule has 1 heterocycles. The molecular weight excluding hydrogens is 410 g/mol. The Balaban J connectivity index is 1.84. The second kappa shape index (κ2) is 8.90. The molecule has 12 heteroatoms. The Bertz CT molecular complexity index is 1160. The Morgan fingerprint density at radius 1 is 1.10 bits per heavy atom. The number of anilines is 1. The SMILES string of the molecule is COc1ccccc1Oc1cc(NC(=O)Cn2nc(C)cc2[N+](=O)[O-])cc([N+](=O)[O-])c1. The first-order valence-electron chi connectivity index (χ1n) is 8.86. The molecule has 0 bridgehead atoms. The molecule has 3 aromatic rings. The number of hydrogen-bond donors (Lipinski definition) is 1. The smallest absolute Gasteiger partial charge is 0.345 e. The number of carbonyl (C=O) groups excluding carboxylic acids is 1. The van der Waals surface area contributed by atoms with Crippen molar-refractivity contribution in [3.05, 3.63) is 74.5 Å². The minimum atomic E-state index is -0.657. The maximum Gasteiger partial charge on any atom is 0.345 e. The highest BCUT2D eigenvalue weighted by atomic mass is 16.6. The highest BCUT2D eigenvalue weighted by molar-refractivity contribution is 5.91. The van der Waals surface area contributed by atoms with Crippen LogP contribution in [0.2, 0.25) is 0 Å². The predicted molar refractivity (Wildman–Crippen MR) is 108 cm³/mol. The molecule has 0 saturated heterocycles. The summed E-state index contributed by atoms with van der Waals surface area (Å²) >= 11 is 0. The van der Waals surface area contributed by atoms with Gasteiger partial charge in [-0.25, -0.2) is 0 Å². The van der Waals surface area contributed by atoms with Crippen molar-refractivity contribution in [2.75, 3.05) is 12.4 Å². The molecule has 0 radical (unpaired) electrons. The summed E-state index contributed by atoms with van der Waals surface area (Å²) in [4.78, 5) is 33.5. The van der Waals surface area contributed by atoms with Gasteiger partial charge in [0, 0.05) is 12.1 Å². The zero-order valence-electron chi connectivity index (χ0n) is 16.5. The summed E-state index contributed by atoms with van der Waals surface area (Å²) in [6.07, 6.45) is 0. The van der Waals surface area contributed by atoms with E-state index in [9.17, 15) is 25.0 Å². The van der Waals surface area contributed by atoms with Crippen molar-refractivity contribution in [3.8, 4) is 17.2 Å². The highest BCUT2D eigenvalue weighted by Crippen LogP contribution is 2.34. The summed E-state index contributed by atoms with van der Waals surface area (Å²) in [5.74, 6) is -0.164. The van der Waals surface area contributed by atoms with Gasteiger partial charge >= 0.3 is 5.82 Å². The maximum absolute atomic E-state index is 12.4. The Morgan fingerprint density at radius 3 is 2.45 bits per heavy atom. The first kappa shape index (κ1) is 21.2. The first-order valence-corrected chi connectivity index (χ1v) is 8.86. The van der Waals surface area contributed by atoms with Gasteiger partial charge in [-0.3, -0.25) is 14.9 Å². The Kier molecular flexibility index (Phi) is 6.10. The van der Waals surface area contributed by atoms with Crippen LogP contribution in [0.5, 0.6) is 17.2 Å². The molecule has 0 fully saturated rings. The van der Waals surface area contributed by atoms with Crippen molar-refractivity contribution in [3.63, 3.8) is 0 Å². The molecule has 2 aromatic carbocycles. The van der Waals surface area contributed by atoms with Crippen molar-refractivity contribution in [1.82, 2.24) is 9.78 Å². The van der Waals surface area contributed by atoms with Gasteiger partial charge in [-0.2, -0.15) is 0 Å². The van der Waals surface area contributed by atoms with E-state index < -0.39 is 22.3 Å². The average molecular weight is 427 g/mol. The van der Waals surface area contributed by atoms with Crippen LogP contribution in [-0.4, -0.2) is 32.6 Å². The molecule has 31 heavy (non-hydrogen) atoms. The zero-order chi connectivity index (χ0) is 22.5. The summed E-state index contributed by atoms with van der Waals surface area (Å²) < 4.78 is 11.8. The number of nitrogens with one attached hydrogen (secondary N) is 1. The topological polar surface area (TPSA) is 152 Å². The number of methoxy groups -OCH3 is 1. The molecular formula is C19H17N5O7. The number of benzene rings is 2. The average Bonchev–Trinajstić information content (AvgIpc) is 3.08. The van der Waals surface area contributed by atoms with Crippen LogP contribution in [0.1, 0.15) is 5.69 Å². The fraction of sp³-hybridized carbons (Fsp3) is 0.158. The van der Waals surface area contributed by atoms with Gasteiger partial charge < -0.3 is 24.9 Å². The van der Waals surface area contributed by atoms with Gasteiger partial charge in [0.05, 0.1) is 35.5 Å². The normalized spacial score (nSPS) is 10.4. The number of amides is 1. The number of para-hydroxylation sites is 2. The number of nitro benzene ring substituents is 1. The van der Waals surface area contributed by atoms with E-state index >= 15 is 0 Å². The van der Waals surface area contributed by atoms with Crippen molar-refractivity contribution >= 4 is 23.1 Å². The van der Waals surface area contributed by atoms with E-state index in [2.05, 4.69) is 10.4 Å². The predicted octanol–water partition coefficient (Wildman–Crippen LogP) is 3.45. The number of ether oxygens (including phenoxy) is 2. The summed E-state index contributed by atoms with van der Waals surface area (Å²) in [6.45, 7) is 1.11. The number of carbonyl (C=O) groups is 1. The molecule has 1 amide bonds. The van der Waals surface area contributed by atoms with Crippen molar-refractivity contribution in [2.45, 2.75) is 13.5 Å². The number of aryl methyl sites for hydroxylation is 1. The second-order valence-corrected chi connectivity index (χ2v) is 6.33. The largest absolute Gasteiger partial charge is 0.493 e. The molecule has 0 atom stereocenters. The summed E-state index contributed by atoms with van der Waals surface area (Å²) in [5, 5.41) is 28.8. The molecule has 1 aromatic heterocycles. The van der Waals surface area contributed by atoms with Crippen LogP contribution in [0.25, 0.3) is 0 Å². The molecule has 0 aliphatic rings. The first-order chi connectivity index (χ1) is 14.8. The number of hydrogen-bond acceptors (Lipinski definition) is 8. The Labute approximate surface area is 175 Å². The van der Waals surface area contributed by atoms with Gasteiger partial charge in [0.25, 0.3) is 11.6 Å². The van der Waals surface area contributed by atoms with Gasteiger partial charge in [0.1, 0.15) is 5.75 Å². The van der Waals surface area contributed by atoms with Crippen molar-refractivity contribution in [2.24, 2.45) is 0 Å². The number of non-ortho nitro benzene ring substituents is 1. The monoisotopic (exact) mass is 427 g/mol. The third-order valence-electron chi connectivity index (χ3n) is 4.04. The van der Waals surface area contributed by atoms with Gasteiger partial charge in [-0.05, 0) is 24.0 Å². The molecule has 0 unspecified atom stereocenters. The fourth-order valence-corrected chi connectivity index (χ4v) is 2.78. The lowest BCUT2D eigenvalue weighted by Crippen LogP contribution is -2.20. The zero-order valence-corrected chi connectivity index (χ0v) is 16.5. The van der Waals surface area contributed by atoms with Gasteiger partial charge in [0.2, 0.25) is 0 Å². The minimum Gasteiger partial charge on any atom is -0.493 e. The van der Waals surface area contributed by atoms with E-state index in [0.29, 0.717) is 17.2 Å². The Hall–Kier alpha value is -4.48. The Morgan fingerprint density at radius 2 is 1.81 bits per heavy atom. The lowest BCUT2D eigenvalue weighted by molar-refractivity contribution is -0.392. The molecule has 160 valence electrons. The van der Waals surface area contributed by atoms with Gasteiger partial charge in [-0.1, -0.05) is 17.2 Å². The van der Waals surface area contributed by atoms with Gasteiger partial charge in [-0.15, -0.1) is 4.68 Å². The standard InChI is InChI=1S/C19H17N5O7/c1-12-7-19(24(28)29)22(21-12)11-18(25)20-13-8-14(23(26)27)10-15(9-13)31-17-6-4-3-5-16(17)30-2/h3-10H,11H2,1-2H3,(H,20,25). The van der Waals surface area contributed by atoms with E-state index in [1.807, 2.05) is 0 Å². The van der Waals surface area contributed by atoms with Gasteiger partial charge in [0.15, 0.2) is 18.0 Å². The molecule has 1 N–H and O–H groups in total. The van der Waals surface area contributed by atoms with Crippen LogP contribution < -0.4 is 14.8 Å².